The summed E-state index contributed by atoms with van der Waals surface area (Å²) < 4.78 is 15.2. The first-order valence-electron chi connectivity index (χ1n) is 6.22. The number of ether oxygens (including phenoxy) is 3. The molecule has 0 unspecified atom stereocenters. The van der Waals surface area contributed by atoms with Crippen molar-refractivity contribution in [1.82, 2.24) is 0 Å². The number of hydrogen-bond donors (Lipinski definition) is 6. The molecule has 0 aliphatic carbocycles. The highest BCUT2D eigenvalue weighted by molar-refractivity contribution is 4.92. The van der Waals surface area contributed by atoms with Crippen LogP contribution in [-0.4, -0.2) is 92.9 Å². The Kier molecular flexibility index (Phi) is 5.29. The van der Waals surface area contributed by atoms with Gasteiger partial charge in [-0.1, -0.05) is 0 Å². The summed E-state index contributed by atoms with van der Waals surface area (Å²) >= 11 is 0. The molecule has 20 heavy (non-hydrogen) atoms. The molecule has 9 heteroatoms. The van der Waals surface area contributed by atoms with Crippen molar-refractivity contribution in [3.05, 3.63) is 6.61 Å². The minimum absolute atomic E-state index is 0.0876. The van der Waals surface area contributed by atoms with Crippen molar-refractivity contribution in [1.29, 1.82) is 0 Å². The molecule has 2 fully saturated rings. The summed E-state index contributed by atoms with van der Waals surface area (Å²) in [6.45, 7) is 0.468. The summed E-state index contributed by atoms with van der Waals surface area (Å²) in [7, 11) is 0. The van der Waals surface area contributed by atoms with Crippen molar-refractivity contribution in [3.63, 3.8) is 0 Å². The second kappa shape index (κ2) is 6.60. The van der Waals surface area contributed by atoms with Gasteiger partial charge in [0.05, 0.1) is 13.2 Å². The molecule has 1 radical (unpaired) electrons. The minimum atomic E-state index is -1.58. The van der Waals surface area contributed by atoms with Crippen LogP contribution in [0.25, 0.3) is 0 Å². The van der Waals surface area contributed by atoms with Gasteiger partial charge in [0, 0.05) is 0 Å². The molecular formula is C11H19O9. The lowest BCUT2D eigenvalue weighted by Gasteiger charge is -2.42. The fraction of sp³-hybridized carbons (Fsp3) is 0.909. The number of hydrogen-bond acceptors (Lipinski definition) is 9. The van der Waals surface area contributed by atoms with Crippen LogP contribution >= 0.6 is 0 Å². The summed E-state index contributed by atoms with van der Waals surface area (Å²) in [5, 5.41) is 57.1. The van der Waals surface area contributed by atoms with Gasteiger partial charge in [-0.25, -0.2) is 0 Å². The lowest BCUT2D eigenvalue weighted by Crippen LogP contribution is -2.61. The second-order valence-electron chi connectivity index (χ2n) is 4.83. The van der Waals surface area contributed by atoms with Gasteiger partial charge in [-0.2, -0.15) is 0 Å². The maximum atomic E-state index is 9.76. The molecule has 0 saturated carbocycles. The fourth-order valence-electron chi connectivity index (χ4n) is 2.09. The van der Waals surface area contributed by atoms with Crippen molar-refractivity contribution >= 4 is 0 Å². The van der Waals surface area contributed by atoms with Gasteiger partial charge in [0.15, 0.2) is 6.29 Å². The van der Waals surface area contributed by atoms with E-state index in [9.17, 15) is 25.5 Å². The van der Waals surface area contributed by atoms with E-state index >= 15 is 0 Å². The van der Waals surface area contributed by atoms with Crippen LogP contribution in [-0.2, 0) is 14.2 Å². The van der Waals surface area contributed by atoms with Gasteiger partial charge < -0.3 is 44.8 Å². The predicted octanol–water partition coefficient (Wildman–Crippen LogP) is -3.91. The van der Waals surface area contributed by atoms with Gasteiger partial charge in [0.25, 0.3) is 0 Å². The summed E-state index contributed by atoms with van der Waals surface area (Å²) in [4.78, 5) is 0. The van der Waals surface area contributed by atoms with Crippen LogP contribution in [0.4, 0.5) is 0 Å². The minimum Gasteiger partial charge on any atom is -0.394 e. The predicted molar refractivity (Wildman–Crippen MR) is 60.9 cm³/mol. The van der Waals surface area contributed by atoms with E-state index in [0.29, 0.717) is 0 Å². The van der Waals surface area contributed by atoms with Gasteiger partial charge in [0.2, 0.25) is 0 Å². The van der Waals surface area contributed by atoms with Crippen LogP contribution in [0, 0.1) is 6.61 Å². The number of rotatable bonds is 3. The molecule has 2 aliphatic heterocycles. The zero-order valence-corrected chi connectivity index (χ0v) is 10.5. The first-order valence-corrected chi connectivity index (χ1v) is 6.22. The topological polar surface area (TPSA) is 149 Å². The molecule has 2 rings (SSSR count). The van der Waals surface area contributed by atoms with E-state index in [2.05, 4.69) is 0 Å². The molecule has 0 spiro atoms. The Morgan fingerprint density at radius 1 is 1.00 bits per heavy atom. The van der Waals surface area contributed by atoms with Gasteiger partial charge in [-0.15, -0.1) is 0 Å². The Morgan fingerprint density at radius 3 is 2.35 bits per heavy atom. The van der Waals surface area contributed by atoms with Crippen molar-refractivity contribution in [2.75, 3.05) is 13.2 Å². The van der Waals surface area contributed by atoms with Gasteiger partial charge >= 0.3 is 0 Å². The highest BCUT2D eigenvalue weighted by Gasteiger charge is 2.46. The van der Waals surface area contributed by atoms with Crippen LogP contribution < -0.4 is 0 Å². The molecule has 9 nitrogen and oxygen atoms in total. The molecule has 6 N–H and O–H groups in total. The Labute approximate surface area is 114 Å². The van der Waals surface area contributed by atoms with Crippen LogP contribution in [0.2, 0.25) is 0 Å². The number of aliphatic hydroxyl groups excluding tert-OH is 6. The quantitative estimate of drug-likeness (QED) is 0.307. The van der Waals surface area contributed by atoms with E-state index in [4.69, 9.17) is 19.3 Å². The van der Waals surface area contributed by atoms with E-state index in [-0.39, 0.29) is 6.61 Å². The molecule has 2 aliphatic rings. The standard InChI is InChI=1S/C11H19O9/c12-1-5-8(15)9(16)10(17)11(19-5)20-6-3-18-2-4(13)7(6)14/h3-17H,1-2H2/t4-,5-,6+,7+,8+,9+,10-,11+/m1/s1. The molecule has 0 amide bonds. The van der Waals surface area contributed by atoms with Crippen LogP contribution in [0.5, 0.6) is 0 Å². The average Bonchev–Trinajstić information content (AvgIpc) is 2.44. The normalized spacial score (nSPS) is 50.1. The molecular weight excluding hydrogens is 276 g/mol. The van der Waals surface area contributed by atoms with Gasteiger partial charge in [-0.3, -0.25) is 0 Å². The Hall–Kier alpha value is -0.360. The van der Waals surface area contributed by atoms with Crippen LogP contribution in [0.1, 0.15) is 0 Å². The molecule has 2 heterocycles. The molecule has 117 valence electrons. The van der Waals surface area contributed by atoms with E-state index < -0.39 is 55.6 Å². The largest absolute Gasteiger partial charge is 0.394 e. The summed E-state index contributed by atoms with van der Waals surface area (Å²) in [5.41, 5.74) is 0. The van der Waals surface area contributed by atoms with Crippen LogP contribution in [0.15, 0.2) is 0 Å². The summed E-state index contributed by atoms with van der Waals surface area (Å²) in [6, 6.07) is 0. The third-order valence-corrected chi connectivity index (χ3v) is 3.37. The average molecular weight is 295 g/mol. The maximum absolute atomic E-state index is 9.76. The lowest BCUT2D eigenvalue weighted by atomic mass is 9.99. The third-order valence-electron chi connectivity index (χ3n) is 3.37. The Morgan fingerprint density at radius 2 is 1.70 bits per heavy atom. The first-order chi connectivity index (χ1) is 9.45. The van der Waals surface area contributed by atoms with Crippen molar-refractivity contribution in [3.8, 4) is 0 Å². The van der Waals surface area contributed by atoms with E-state index in [1.54, 1.807) is 0 Å². The van der Waals surface area contributed by atoms with Crippen molar-refractivity contribution in [2.45, 2.75) is 49.0 Å². The van der Waals surface area contributed by atoms with E-state index in [1.165, 1.54) is 0 Å². The smallest absolute Gasteiger partial charge is 0.187 e. The molecule has 0 aromatic rings. The molecule has 8 atom stereocenters. The van der Waals surface area contributed by atoms with Crippen LogP contribution in [0.3, 0.4) is 0 Å². The van der Waals surface area contributed by atoms with E-state index in [1.807, 2.05) is 0 Å². The molecule has 0 aromatic carbocycles. The fourth-order valence-corrected chi connectivity index (χ4v) is 2.09. The highest BCUT2D eigenvalue weighted by atomic mass is 16.7. The van der Waals surface area contributed by atoms with Crippen molar-refractivity contribution in [2.24, 2.45) is 0 Å². The molecule has 2 saturated heterocycles. The van der Waals surface area contributed by atoms with Gasteiger partial charge in [-0.05, 0) is 0 Å². The highest BCUT2D eigenvalue weighted by Crippen LogP contribution is 2.25. The zero-order valence-electron chi connectivity index (χ0n) is 10.5. The first kappa shape index (κ1) is 16.0. The SMILES string of the molecule is OC[C@H]1O[C@@H](O[C@H]2[CH]OC[C@@H](O)[C@@H]2O)[C@H](O)[C@@H](O)[C@H]1O. The van der Waals surface area contributed by atoms with Crippen molar-refractivity contribution < 1.29 is 44.8 Å². The molecule has 0 aromatic heterocycles. The summed E-state index contributed by atoms with van der Waals surface area (Å²) in [6.07, 6.45) is -10.7. The second-order valence-corrected chi connectivity index (χ2v) is 4.83. The maximum Gasteiger partial charge on any atom is 0.187 e. The number of aliphatic hydroxyl groups is 6. The third kappa shape index (κ3) is 3.11. The monoisotopic (exact) mass is 295 g/mol. The van der Waals surface area contributed by atoms with Gasteiger partial charge in [0.1, 0.15) is 49.3 Å². The Balaban J connectivity index is 2.00. The lowest BCUT2D eigenvalue weighted by molar-refractivity contribution is -0.322. The summed E-state index contributed by atoms with van der Waals surface area (Å²) in [5.74, 6) is 0. The zero-order chi connectivity index (χ0) is 14.9. The van der Waals surface area contributed by atoms with E-state index in [0.717, 1.165) is 6.61 Å². The Bertz CT molecular complexity index is 312. The molecule has 0 bridgehead atoms.